The van der Waals surface area contributed by atoms with Gasteiger partial charge in [0.1, 0.15) is 5.82 Å². The summed E-state index contributed by atoms with van der Waals surface area (Å²) in [7, 11) is 0. The second-order valence-electron chi connectivity index (χ2n) is 3.88. The summed E-state index contributed by atoms with van der Waals surface area (Å²) in [5.41, 5.74) is 0.540. The fourth-order valence-electron chi connectivity index (χ4n) is 1.69. The van der Waals surface area contributed by atoms with E-state index in [1.165, 1.54) is 17.4 Å². The lowest BCUT2D eigenvalue weighted by molar-refractivity contribution is 0.180. The van der Waals surface area contributed by atoms with Crippen LogP contribution in [0.25, 0.3) is 0 Å². The number of hydrogen-bond acceptors (Lipinski definition) is 2. The van der Waals surface area contributed by atoms with Gasteiger partial charge in [0, 0.05) is 20.6 Å². The van der Waals surface area contributed by atoms with Gasteiger partial charge in [-0.05, 0) is 40.5 Å². The molecule has 1 aromatic carbocycles. The van der Waals surface area contributed by atoms with Crippen molar-refractivity contribution in [1.82, 2.24) is 0 Å². The summed E-state index contributed by atoms with van der Waals surface area (Å²) in [6.45, 7) is 1.98. The molecule has 0 aliphatic rings. The zero-order chi connectivity index (χ0) is 12.4. The zero-order valence-corrected chi connectivity index (χ0v) is 11.7. The first-order chi connectivity index (χ1) is 8.08. The minimum atomic E-state index is -0.667. The minimum Gasteiger partial charge on any atom is -0.387 e. The van der Waals surface area contributed by atoms with E-state index in [2.05, 4.69) is 15.9 Å². The molecule has 90 valence electrons. The summed E-state index contributed by atoms with van der Waals surface area (Å²) < 4.78 is 14.3. The maximum atomic E-state index is 13.5. The van der Waals surface area contributed by atoms with E-state index in [1.807, 2.05) is 13.0 Å². The van der Waals surface area contributed by atoms with Gasteiger partial charge in [0.25, 0.3) is 0 Å². The molecule has 0 saturated carbocycles. The van der Waals surface area contributed by atoms with Gasteiger partial charge in [0.2, 0.25) is 0 Å². The molecule has 1 aromatic heterocycles. The number of halogens is 2. The third-order valence-electron chi connectivity index (χ3n) is 2.51. The van der Waals surface area contributed by atoms with Crippen LogP contribution in [-0.4, -0.2) is 5.11 Å². The predicted octanol–water partition coefficient (Wildman–Crippen LogP) is 4.23. The first-order valence-electron chi connectivity index (χ1n) is 5.25. The Balaban J connectivity index is 2.20. The molecule has 2 aromatic rings. The smallest absolute Gasteiger partial charge is 0.126 e. The Hall–Kier alpha value is -0.710. The number of aryl methyl sites for hydroxylation is 1. The quantitative estimate of drug-likeness (QED) is 0.898. The molecule has 2 rings (SSSR count). The fourth-order valence-corrected chi connectivity index (χ4v) is 3.59. The normalized spacial score (nSPS) is 12.7. The standard InChI is InChI=1S/C13H12BrFOS/c1-8-6-10(14)13(17-8)12(16)7-9-4-2-3-5-11(9)15/h2-6,12,16H,7H2,1H3. The van der Waals surface area contributed by atoms with E-state index in [4.69, 9.17) is 0 Å². The number of rotatable bonds is 3. The molecule has 0 spiro atoms. The Bertz CT molecular complexity index is 524. The number of aliphatic hydroxyl groups is 1. The van der Waals surface area contributed by atoms with E-state index < -0.39 is 6.10 Å². The van der Waals surface area contributed by atoms with E-state index in [9.17, 15) is 9.50 Å². The average molecular weight is 315 g/mol. The second-order valence-corrected chi connectivity index (χ2v) is 6.02. The van der Waals surface area contributed by atoms with E-state index in [1.54, 1.807) is 18.2 Å². The molecule has 0 bridgehead atoms. The molecule has 0 amide bonds. The van der Waals surface area contributed by atoms with Crippen LogP contribution in [0.15, 0.2) is 34.8 Å². The third-order valence-corrected chi connectivity index (χ3v) is 4.58. The topological polar surface area (TPSA) is 20.2 Å². The van der Waals surface area contributed by atoms with Crippen molar-refractivity contribution in [2.45, 2.75) is 19.4 Å². The summed E-state index contributed by atoms with van der Waals surface area (Å²) in [4.78, 5) is 1.98. The van der Waals surface area contributed by atoms with Gasteiger partial charge in [0.05, 0.1) is 6.10 Å². The molecule has 17 heavy (non-hydrogen) atoms. The van der Waals surface area contributed by atoms with Crippen LogP contribution < -0.4 is 0 Å². The average Bonchev–Trinajstić information content (AvgIpc) is 2.61. The summed E-state index contributed by atoms with van der Waals surface area (Å²) in [6, 6.07) is 8.50. The van der Waals surface area contributed by atoms with Crippen LogP contribution in [0.3, 0.4) is 0 Å². The Morgan fingerprint density at radius 3 is 2.71 bits per heavy atom. The Morgan fingerprint density at radius 1 is 1.41 bits per heavy atom. The van der Waals surface area contributed by atoms with E-state index in [0.29, 0.717) is 12.0 Å². The minimum absolute atomic E-state index is 0.268. The molecule has 0 radical (unpaired) electrons. The van der Waals surface area contributed by atoms with Crippen LogP contribution in [0.4, 0.5) is 4.39 Å². The van der Waals surface area contributed by atoms with Gasteiger partial charge in [-0.3, -0.25) is 0 Å². The van der Waals surface area contributed by atoms with Crippen molar-refractivity contribution in [3.05, 3.63) is 55.9 Å². The van der Waals surface area contributed by atoms with Crippen LogP contribution in [-0.2, 0) is 6.42 Å². The molecule has 4 heteroatoms. The monoisotopic (exact) mass is 314 g/mol. The van der Waals surface area contributed by atoms with Gasteiger partial charge in [-0.15, -0.1) is 11.3 Å². The van der Waals surface area contributed by atoms with Crippen molar-refractivity contribution < 1.29 is 9.50 Å². The molecule has 1 N–H and O–H groups in total. The maximum absolute atomic E-state index is 13.5. The van der Waals surface area contributed by atoms with E-state index >= 15 is 0 Å². The van der Waals surface area contributed by atoms with Gasteiger partial charge in [-0.1, -0.05) is 18.2 Å². The number of thiophene rings is 1. The van der Waals surface area contributed by atoms with Gasteiger partial charge in [-0.25, -0.2) is 4.39 Å². The second kappa shape index (κ2) is 5.29. The van der Waals surface area contributed by atoms with Crippen molar-refractivity contribution in [2.24, 2.45) is 0 Å². The summed E-state index contributed by atoms with van der Waals surface area (Å²) in [5, 5.41) is 10.1. The van der Waals surface area contributed by atoms with Gasteiger partial charge < -0.3 is 5.11 Å². The SMILES string of the molecule is Cc1cc(Br)c(C(O)Cc2ccccc2F)s1. The largest absolute Gasteiger partial charge is 0.387 e. The zero-order valence-electron chi connectivity index (χ0n) is 9.28. The van der Waals surface area contributed by atoms with Crippen molar-refractivity contribution in [3.63, 3.8) is 0 Å². The summed E-state index contributed by atoms with van der Waals surface area (Å²) in [6.07, 6.45) is -0.370. The molecule has 0 aliphatic carbocycles. The fraction of sp³-hybridized carbons (Fsp3) is 0.231. The molecule has 0 aliphatic heterocycles. The van der Waals surface area contributed by atoms with Crippen LogP contribution in [0, 0.1) is 12.7 Å². The molecule has 0 saturated heterocycles. The molecular weight excluding hydrogens is 303 g/mol. The maximum Gasteiger partial charge on any atom is 0.126 e. The highest BCUT2D eigenvalue weighted by Gasteiger charge is 2.16. The number of benzene rings is 1. The lowest BCUT2D eigenvalue weighted by Gasteiger charge is -2.10. The molecular formula is C13H12BrFOS. The van der Waals surface area contributed by atoms with Crippen LogP contribution >= 0.6 is 27.3 Å². The molecule has 1 nitrogen and oxygen atoms in total. The van der Waals surface area contributed by atoms with Gasteiger partial charge >= 0.3 is 0 Å². The van der Waals surface area contributed by atoms with Crippen molar-refractivity contribution >= 4 is 27.3 Å². The Kier molecular flexibility index (Phi) is 3.97. The van der Waals surface area contributed by atoms with Crippen molar-refractivity contribution in [3.8, 4) is 0 Å². The Morgan fingerprint density at radius 2 is 2.12 bits per heavy atom. The lowest BCUT2D eigenvalue weighted by atomic mass is 10.1. The molecule has 1 atom stereocenters. The highest BCUT2D eigenvalue weighted by atomic mass is 79.9. The third kappa shape index (κ3) is 2.94. The van der Waals surface area contributed by atoms with E-state index in [-0.39, 0.29) is 5.82 Å². The predicted molar refractivity (Wildman–Crippen MR) is 71.8 cm³/mol. The first kappa shape index (κ1) is 12.7. The van der Waals surface area contributed by atoms with Gasteiger partial charge in [-0.2, -0.15) is 0 Å². The molecule has 1 unspecified atom stereocenters. The van der Waals surface area contributed by atoms with Crippen LogP contribution in [0.5, 0.6) is 0 Å². The van der Waals surface area contributed by atoms with Crippen LogP contribution in [0.2, 0.25) is 0 Å². The number of hydrogen-bond donors (Lipinski definition) is 1. The van der Waals surface area contributed by atoms with Crippen LogP contribution in [0.1, 0.15) is 21.4 Å². The summed E-state index contributed by atoms with van der Waals surface area (Å²) >= 11 is 4.93. The highest BCUT2D eigenvalue weighted by Crippen LogP contribution is 2.33. The molecule has 0 fully saturated rings. The van der Waals surface area contributed by atoms with Crippen molar-refractivity contribution in [2.75, 3.05) is 0 Å². The lowest BCUT2D eigenvalue weighted by Crippen LogP contribution is -2.02. The van der Waals surface area contributed by atoms with Gasteiger partial charge in [0.15, 0.2) is 0 Å². The Labute approximate surface area is 112 Å². The number of aliphatic hydroxyl groups excluding tert-OH is 1. The summed E-state index contributed by atoms with van der Waals surface area (Å²) in [5.74, 6) is -0.268. The highest BCUT2D eigenvalue weighted by molar-refractivity contribution is 9.10. The van der Waals surface area contributed by atoms with Crippen molar-refractivity contribution in [1.29, 1.82) is 0 Å². The first-order valence-corrected chi connectivity index (χ1v) is 6.86. The molecule has 1 heterocycles. The van der Waals surface area contributed by atoms with E-state index in [0.717, 1.165) is 14.2 Å².